The molecule has 0 aliphatic carbocycles. The molecule has 0 aromatic heterocycles. The molecule has 1 fully saturated rings. The largest absolute Gasteiger partial charge is 0.452 e. The predicted octanol–water partition coefficient (Wildman–Crippen LogP) is 3.39. The topological polar surface area (TPSA) is 75.7 Å². The van der Waals surface area contributed by atoms with Gasteiger partial charge in [-0.2, -0.15) is 0 Å². The number of nitrogens with one attached hydrogen (secondary N) is 1. The Morgan fingerprint density at radius 2 is 1.73 bits per heavy atom. The number of anilines is 1. The highest BCUT2D eigenvalue weighted by atomic mass is 19.1. The van der Waals surface area contributed by atoms with Crippen LogP contribution >= 0.6 is 0 Å². The van der Waals surface area contributed by atoms with Crippen LogP contribution in [0.15, 0.2) is 48.5 Å². The number of hydrogen-bond acceptors (Lipinski definition) is 4. The smallest absolute Gasteiger partial charge is 0.309 e. The minimum atomic E-state index is -0.967. The summed E-state index contributed by atoms with van der Waals surface area (Å²) < 4.78 is 32.1. The third kappa shape index (κ3) is 5.20. The molecule has 8 heteroatoms. The number of hydrogen-bond donors (Lipinski definition) is 1. The summed E-state index contributed by atoms with van der Waals surface area (Å²) in [5.41, 5.74) is 0.397. The van der Waals surface area contributed by atoms with Crippen molar-refractivity contribution in [3.05, 3.63) is 65.7 Å². The van der Waals surface area contributed by atoms with Crippen molar-refractivity contribution < 1.29 is 27.9 Å². The van der Waals surface area contributed by atoms with Gasteiger partial charge in [0.05, 0.1) is 11.5 Å². The number of benzene rings is 2. The van der Waals surface area contributed by atoms with Gasteiger partial charge in [0.1, 0.15) is 11.6 Å². The predicted molar refractivity (Wildman–Crippen MR) is 106 cm³/mol. The molecule has 1 saturated heterocycles. The number of carbonyl (C=O) groups is 3. The Bertz CT molecular complexity index is 928. The molecule has 1 atom stereocenters. The average Bonchev–Trinajstić information content (AvgIpc) is 2.74. The maximum atomic E-state index is 13.8. The van der Waals surface area contributed by atoms with Crippen LogP contribution < -0.4 is 5.32 Å². The van der Waals surface area contributed by atoms with E-state index in [9.17, 15) is 23.2 Å². The van der Waals surface area contributed by atoms with E-state index in [1.807, 2.05) is 6.07 Å². The van der Waals surface area contributed by atoms with E-state index < -0.39 is 41.4 Å². The second-order valence-electron chi connectivity index (χ2n) is 7.13. The summed E-state index contributed by atoms with van der Waals surface area (Å²) >= 11 is 0. The number of piperidine rings is 1. The first-order chi connectivity index (χ1) is 14.3. The molecular formula is C22H22F2N2O4. The molecule has 1 N–H and O–H groups in total. The third-order valence-corrected chi connectivity index (χ3v) is 4.98. The van der Waals surface area contributed by atoms with Gasteiger partial charge in [-0.1, -0.05) is 18.2 Å². The van der Waals surface area contributed by atoms with Crippen molar-refractivity contribution in [3.63, 3.8) is 0 Å². The fourth-order valence-corrected chi connectivity index (χ4v) is 3.24. The fraction of sp³-hybridized carbons (Fsp3) is 0.318. The highest BCUT2D eigenvalue weighted by Gasteiger charge is 2.31. The summed E-state index contributed by atoms with van der Waals surface area (Å²) in [7, 11) is 0. The number of amides is 2. The lowest BCUT2D eigenvalue weighted by molar-refractivity contribution is -0.158. The molecule has 3 rings (SSSR count). The average molecular weight is 416 g/mol. The van der Waals surface area contributed by atoms with Crippen molar-refractivity contribution in [2.75, 3.05) is 18.4 Å². The lowest BCUT2D eigenvalue weighted by Crippen LogP contribution is -2.42. The van der Waals surface area contributed by atoms with Crippen LogP contribution in [-0.4, -0.2) is 41.9 Å². The van der Waals surface area contributed by atoms with Crippen molar-refractivity contribution in [1.29, 1.82) is 0 Å². The molecule has 158 valence electrons. The molecule has 2 aromatic carbocycles. The first-order valence-corrected chi connectivity index (χ1v) is 9.66. The zero-order valence-electron chi connectivity index (χ0n) is 16.4. The fourth-order valence-electron chi connectivity index (χ4n) is 3.24. The van der Waals surface area contributed by atoms with Gasteiger partial charge in [-0.15, -0.1) is 0 Å². The standard InChI is InChI=1S/C22H22F2N2O4/c1-14(20(27)25-17-5-3-2-4-6-17)30-22(29)15-9-11-26(12-10-15)21(28)18-8-7-16(23)13-19(18)24/h2-8,13-15H,9-12H2,1H3,(H,25,27). The molecule has 2 aromatic rings. The molecule has 0 saturated carbocycles. The number of para-hydroxylation sites is 1. The first kappa shape index (κ1) is 21.4. The summed E-state index contributed by atoms with van der Waals surface area (Å²) in [5, 5.41) is 2.67. The molecule has 1 aliphatic rings. The van der Waals surface area contributed by atoms with E-state index in [2.05, 4.69) is 5.32 Å². The normalized spacial score (nSPS) is 15.4. The van der Waals surface area contributed by atoms with Gasteiger partial charge in [-0.3, -0.25) is 14.4 Å². The lowest BCUT2D eigenvalue weighted by atomic mass is 9.96. The van der Waals surface area contributed by atoms with Crippen LogP contribution in [0.4, 0.5) is 14.5 Å². The van der Waals surface area contributed by atoms with E-state index in [1.165, 1.54) is 11.8 Å². The van der Waals surface area contributed by atoms with Gasteiger partial charge in [-0.05, 0) is 44.0 Å². The maximum Gasteiger partial charge on any atom is 0.309 e. The number of likely N-dealkylation sites (tertiary alicyclic amines) is 1. The van der Waals surface area contributed by atoms with Gasteiger partial charge in [-0.25, -0.2) is 8.78 Å². The highest BCUT2D eigenvalue weighted by molar-refractivity contribution is 5.95. The Balaban J connectivity index is 1.50. The summed E-state index contributed by atoms with van der Waals surface area (Å²) in [6.07, 6.45) is -0.299. The van der Waals surface area contributed by atoms with Crippen molar-refractivity contribution in [2.45, 2.75) is 25.9 Å². The van der Waals surface area contributed by atoms with Crippen LogP contribution in [0.5, 0.6) is 0 Å². The van der Waals surface area contributed by atoms with Gasteiger partial charge in [0.15, 0.2) is 6.10 Å². The Hall–Kier alpha value is -3.29. The second kappa shape index (κ2) is 9.47. The van der Waals surface area contributed by atoms with Crippen LogP contribution in [0.2, 0.25) is 0 Å². The number of rotatable bonds is 5. The maximum absolute atomic E-state index is 13.8. The van der Waals surface area contributed by atoms with E-state index in [0.29, 0.717) is 24.6 Å². The van der Waals surface area contributed by atoms with E-state index in [1.54, 1.807) is 24.3 Å². The quantitative estimate of drug-likeness (QED) is 0.759. The van der Waals surface area contributed by atoms with Crippen molar-refractivity contribution >= 4 is 23.5 Å². The van der Waals surface area contributed by atoms with Gasteiger partial charge in [0.25, 0.3) is 11.8 Å². The number of ether oxygens (including phenoxy) is 1. The van der Waals surface area contributed by atoms with E-state index >= 15 is 0 Å². The monoisotopic (exact) mass is 416 g/mol. The van der Waals surface area contributed by atoms with Crippen molar-refractivity contribution in [3.8, 4) is 0 Å². The Labute approximate surface area is 172 Å². The summed E-state index contributed by atoms with van der Waals surface area (Å²) in [6.45, 7) is 1.96. The van der Waals surface area contributed by atoms with Gasteiger partial charge in [0, 0.05) is 24.8 Å². The van der Waals surface area contributed by atoms with Crippen LogP contribution in [0, 0.1) is 17.6 Å². The number of nitrogens with zero attached hydrogens (tertiary/aromatic N) is 1. The molecule has 0 bridgehead atoms. The zero-order chi connectivity index (χ0) is 21.7. The van der Waals surface area contributed by atoms with E-state index in [4.69, 9.17) is 4.74 Å². The van der Waals surface area contributed by atoms with Crippen LogP contribution in [0.3, 0.4) is 0 Å². The molecule has 0 spiro atoms. The second-order valence-corrected chi connectivity index (χ2v) is 7.13. The van der Waals surface area contributed by atoms with Crippen LogP contribution in [0.1, 0.15) is 30.1 Å². The number of halogens is 2. The van der Waals surface area contributed by atoms with Gasteiger partial charge >= 0.3 is 5.97 Å². The Morgan fingerprint density at radius 1 is 1.07 bits per heavy atom. The minimum absolute atomic E-state index is 0.205. The highest BCUT2D eigenvalue weighted by Crippen LogP contribution is 2.22. The van der Waals surface area contributed by atoms with Crippen molar-refractivity contribution in [2.24, 2.45) is 5.92 Å². The Morgan fingerprint density at radius 3 is 2.37 bits per heavy atom. The molecular weight excluding hydrogens is 394 g/mol. The first-order valence-electron chi connectivity index (χ1n) is 9.66. The summed E-state index contributed by atoms with van der Waals surface area (Å²) in [6, 6.07) is 11.6. The van der Waals surface area contributed by atoms with Gasteiger partial charge in [0.2, 0.25) is 0 Å². The van der Waals surface area contributed by atoms with Crippen LogP contribution in [0.25, 0.3) is 0 Å². The molecule has 2 amide bonds. The molecule has 6 nitrogen and oxygen atoms in total. The molecule has 1 heterocycles. The summed E-state index contributed by atoms with van der Waals surface area (Å²) in [4.78, 5) is 38.4. The van der Waals surface area contributed by atoms with Gasteiger partial charge < -0.3 is 15.0 Å². The number of esters is 1. The third-order valence-electron chi connectivity index (χ3n) is 4.98. The number of carbonyl (C=O) groups excluding carboxylic acids is 3. The molecule has 1 aliphatic heterocycles. The van der Waals surface area contributed by atoms with E-state index in [0.717, 1.165) is 12.1 Å². The summed E-state index contributed by atoms with van der Waals surface area (Å²) in [5.74, 6) is -3.62. The molecule has 0 radical (unpaired) electrons. The van der Waals surface area contributed by atoms with E-state index in [-0.39, 0.29) is 18.7 Å². The molecule has 30 heavy (non-hydrogen) atoms. The SMILES string of the molecule is CC(OC(=O)C1CCN(C(=O)c2ccc(F)cc2F)CC1)C(=O)Nc1ccccc1. The molecule has 1 unspecified atom stereocenters. The minimum Gasteiger partial charge on any atom is -0.452 e. The lowest BCUT2D eigenvalue weighted by Gasteiger charge is -2.31. The Kier molecular flexibility index (Phi) is 6.76. The van der Waals surface area contributed by atoms with Crippen molar-refractivity contribution in [1.82, 2.24) is 4.90 Å². The zero-order valence-corrected chi connectivity index (χ0v) is 16.4. The van der Waals surface area contributed by atoms with Crippen LogP contribution in [-0.2, 0) is 14.3 Å².